The van der Waals surface area contributed by atoms with E-state index in [0.717, 1.165) is 34.5 Å². The van der Waals surface area contributed by atoms with Gasteiger partial charge >= 0.3 is 0 Å². The highest BCUT2D eigenvalue weighted by Gasteiger charge is 2.07. The van der Waals surface area contributed by atoms with E-state index in [4.69, 9.17) is 11.6 Å². The van der Waals surface area contributed by atoms with Gasteiger partial charge in [-0.2, -0.15) is 0 Å². The number of anilines is 3. The molecule has 5 heteroatoms. The van der Waals surface area contributed by atoms with Gasteiger partial charge in [0.15, 0.2) is 0 Å². The maximum absolute atomic E-state index is 6.17. The lowest BCUT2D eigenvalue weighted by Crippen LogP contribution is -2.18. The molecule has 0 unspecified atom stereocenters. The van der Waals surface area contributed by atoms with Gasteiger partial charge in [0, 0.05) is 30.4 Å². The van der Waals surface area contributed by atoms with Crippen molar-refractivity contribution in [3.63, 3.8) is 0 Å². The summed E-state index contributed by atoms with van der Waals surface area (Å²) in [5.74, 6) is 1.60. The Labute approximate surface area is 147 Å². The van der Waals surface area contributed by atoms with E-state index in [-0.39, 0.29) is 0 Å². The molecule has 0 bridgehead atoms. The van der Waals surface area contributed by atoms with E-state index in [2.05, 4.69) is 32.3 Å². The SMILES string of the molecule is Cc1c(Cl)cccc1Nc1cc(N(C)Cc2ccccc2)ncn1. The Bertz CT molecular complexity index is 821. The molecule has 122 valence electrons. The highest BCUT2D eigenvalue weighted by atomic mass is 35.5. The van der Waals surface area contributed by atoms with E-state index in [0.29, 0.717) is 0 Å². The van der Waals surface area contributed by atoms with Crippen molar-refractivity contribution in [3.8, 4) is 0 Å². The van der Waals surface area contributed by atoms with Crippen LogP contribution >= 0.6 is 11.6 Å². The van der Waals surface area contributed by atoms with E-state index in [9.17, 15) is 0 Å². The number of aromatic nitrogens is 2. The van der Waals surface area contributed by atoms with Crippen LogP contribution in [0.4, 0.5) is 17.3 Å². The molecule has 0 spiro atoms. The lowest BCUT2D eigenvalue weighted by molar-refractivity contribution is 0.892. The highest BCUT2D eigenvalue weighted by Crippen LogP contribution is 2.26. The molecule has 3 rings (SSSR count). The Morgan fingerprint density at radius 1 is 1.04 bits per heavy atom. The predicted octanol–water partition coefficient (Wildman–Crippen LogP) is 4.82. The third-order valence-corrected chi connectivity index (χ3v) is 4.25. The van der Waals surface area contributed by atoms with Crippen molar-refractivity contribution in [1.29, 1.82) is 0 Å². The standard InChI is InChI=1S/C19H19ClN4/c1-14-16(20)9-6-10-17(14)23-18-11-19(22-13-21-18)24(2)12-15-7-4-3-5-8-15/h3-11,13H,12H2,1-2H3,(H,21,22,23). The van der Waals surface area contributed by atoms with Crippen LogP contribution in [0.2, 0.25) is 5.02 Å². The normalized spacial score (nSPS) is 10.5. The molecule has 1 aromatic heterocycles. The first kappa shape index (κ1) is 16.3. The van der Waals surface area contributed by atoms with E-state index >= 15 is 0 Å². The first-order chi connectivity index (χ1) is 11.6. The number of rotatable bonds is 5. The van der Waals surface area contributed by atoms with Crippen molar-refractivity contribution < 1.29 is 0 Å². The third-order valence-electron chi connectivity index (χ3n) is 3.84. The monoisotopic (exact) mass is 338 g/mol. The summed E-state index contributed by atoms with van der Waals surface area (Å²) in [4.78, 5) is 10.8. The molecular weight excluding hydrogens is 320 g/mol. The van der Waals surface area contributed by atoms with Crippen LogP contribution in [0.5, 0.6) is 0 Å². The number of halogens is 1. The van der Waals surface area contributed by atoms with Crippen molar-refractivity contribution in [1.82, 2.24) is 9.97 Å². The zero-order valence-electron chi connectivity index (χ0n) is 13.7. The summed E-state index contributed by atoms with van der Waals surface area (Å²) in [5.41, 5.74) is 3.17. The number of hydrogen-bond acceptors (Lipinski definition) is 4. The molecule has 0 saturated carbocycles. The number of benzene rings is 2. The van der Waals surface area contributed by atoms with Gasteiger partial charge in [0.1, 0.15) is 18.0 Å². The Morgan fingerprint density at radius 3 is 2.62 bits per heavy atom. The molecule has 0 radical (unpaired) electrons. The topological polar surface area (TPSA) is 41.0 Å². The Morgan fingerprint density at radius 2 is 1.83 bits per heavy atom. The number of nitrogens with zero attached hydrogens (tertiary/aromatic N) is 3. The fourth-order valence-corrected chi connectivity index (χ4v) is 2.62. The van der Waals surface area contributed by atoms with Gasteiger partial charge in [-0.25, -0.2) is 9.97 Å². The highest BCUT2D eigenvalue weighted by molar-refractivity contribution is 6.31. The second-order valence-electron chi connectivity index (χ2n) is 5.64. The Kier molecular flexibility index (Phi) is 4.96. The predicted molar refractivity (Wildman–Crippen MR) is 100 cm³/mol. The molecule has 0 fully saturated rings. The summed E-state index contributed by atoms with van der Waals surface area (Å²) in [6.07, 6.45) is 1.57. The summed E-state index contributed by atoms with van der Waals surface area (Å²) in [5, 5.41) is 4.04. The van der Waals surface area contributed by atoms with Crippen LogP contribution in [0, 0.1) is 6.92 Å². The quantitative estimate of drug-likeness (QED) is 0.724. The summed E-state index contributed by atoms with van der Waals surface area (Å²) in [6, 6.07) is 18.0. The maximum Gasteiger partial charge on any atom is 0.135 e. The fourth-order valence-electron chi connectivity index (χ4n) is 2.44. The average molecular weight is 339 g/mol. The minimum absolute atomic E-state index is 0.732. The molecule has 0 saturated heterocycles. The van der Waals surface area contributed by atoms with E-state index in [1.54, 1.807) is 6.33 Å². The first-order valence-corrected chi connectivity index (χ1v) is 8.10. The van der Waals surface area contributed by atoms with Crippen LogP contribution in [0.1, 0.15) is 11.1 Å². The summed E-state index contributed by atoms with van der Waals surface area (Å²) < 4.78 is 0. The molecule has 24 heavy (non-hydrogen) atoms. The maximum atomic E-state index is 6.17. The molecule has 0 aliphatic rings. The summed E-state index contributed by atoms with van der Waals surface area (Å²) in [6.45, 7) is 2.77. The first-order valence-electron chi connectivity index (χ1n) is 7.73. The van der Waals surface area contributed by atoms with Crippen molar-refractivity contribution in [3.05, 3.63) is 77.1 Å². The van der Waals surface area contributed by atoms with Gasteiger partial charge in [0.25, 0.3) is 0 Å². The van der Waals surface area contributed by atoms with Crippen LogP contribution in [0.3, 0.4) is 0 Å². The van der Waals surface area contributed by atoms with Crippen LogP contribution in [0.25, 0.3) is 0 Å². The molecule has 0 aliphatic heterocycles. The zero-order valence-corrected chi connectivity index (χ0v) is 14.5. The van der Waals surface area contributed by atoms with Gasteiger partial charge in [0.05, 0.1) is 0 Å². The van der Waals surface area contributed by atoms with Crippen molar-refractivity contribution in [2.45, 2.75) is 13.5 Å². The van der Waals surface area contributed by atoms with Crippen molar-refractivity contribution >= 4 is 28.9 Å². The lowest BCUT2D eigenvalue weighted by Gasteiger charge is -2.19. The molecule has 0 amide bonds. The van der Waals surface area contributed by atoms with E-state index in [1.165, 1.54) is 5.56 Å². The van der Waals surface area contributed by atoms with Crippen LogP contribution < -0.4 is 10.2 Å². The molecular formula is C19H19ClN4. The molecule has 1 N–H and O–H groups in total. The molecule has 2 aromatic carbocycles. The van der Waals surface area contributed by atoms with Crippen LogP contribution in [-0.2, 0) is 6.54 Å². The van der Waals surface area contributed by atoms with Crippen molar-refractivity contribution in [2.75, 3.05) is 17.3 Å². The molecule has 3 aromatic rings. The summed E-state index contributed by atoms with van der Waals surface area (Å²) >= 11 is 6.17. The largest absolute Gasteiger partial charge is 0.355 e. The second-order valence-corrected chi connectivity index (χ2v) is 6.05. The van der Waals surface area contributed by atoms with Crippen molar-refractivity contribution in [2.24, 2.45) is 0 Å². The smallest absolute Gasteiger partial charge is 0.135 e. The minimum Gasteiger partial charge on any atom is -0.355 e. The molecule has 0 atom stereocenters. The molecule has 0 aliphatic carbocycles. The number of nitrogens with one attached hydrogen (secondary N) is 1. The lowest BCUT2D eigenvalue weighted by atomic mass is 10.2. The molecule has 4 nitrogen and oxygen atoms in total. The fraction of sp³-hybridized carbons (Fsp3) is 0.158. The Balaban J connectivity index is 1.77. The van der Waals surface area contributed by atoms with E-state index in [1.807, 2.05) is 56.4 Å². The van der Waals surface area contributed by atoms with Gasteiger partial charge in [-0.1, -0.05) is 48.0 Å². The zero-order chi connectivity index (χ0) is 16.9. The van der Waals surface area contributed by atoms with E-state index < -0.39 is 0 Å². The molecule has 1 heterocycles. The minimum atomic E-state index is 0.732. The van der Waals surface area contributed by atoms with Gasteiger partial charge in [0.2, 0.25) is 0 Å². The average Bonchev–Trinajstić information content (AvgIpc) is 2.60. The third kappa shape index (κ3) is 3.84. The number of hydrogen-bond donors (Lipinski definition) is 1. The van der Waals surface area contributed by atoms with Gasteiger partial charge in [-0.15, -0.1) is 0 Å². The van der Waals surface area contributed by atoms with Gasteiger partial charge < -0.3 is 10.2 Å². The summed E-state index contributed by atoms with van der Waals surface area (Å²) in [7, 11) is 2.02. The second kappa shape index (κ2) is 7.32. The van der Waals surface area contributed by atoms with Crippen LogP contribution in [0.15, 0.2) is 60.9 Å². The van der Waals surface area contributed by atoms with Gasteiger partial charge in [-0.05, 0) is 30.2 Å². The Hall–Kier alpha value is -2.59. The van der Waals surface area contributed by atoms with Gasteiger partial charge in [-0.3, -0.25) is 0 Å². The van der Waals surface area contributed by atoms with Crippen LogP contribution in [-0.4, -0.2) is 17.0 Å².